The highest BCUT2D eigenvalue weighted by atomic mass is 16.5. The Hall–Kier alpha value is -4.00. The van der Waals surface area contributed by atoms with Crippen molar-refractivity contribution in [3.8, 4) is 17.4 Å². The molecular formula is C23H21N5O2. The topological polar surface area (TPSA) is 81.9 Å². The minimum absolute atomic E-state index is 0.0293. The second-order valence-electron chi connectivity index (χ2n) is 6.69. The molecule has 0 bridgehead atoms. The first kappa shape index (κ1) is 19.3. The Morgan fingerprint density at radius 1 is 1.03 bits per heavy atom. The molecule has 0 radical (unpaired) electrons. The molecule has 7 nitrogen and oxygen atoms in total. The number of carbonyl (C=O) groups is 1. The molecule has 30 heavy (non-hydrogen) atoms. The summed E-state index contributed by atoms with van der Waals surface area (Å²) in [6, 6.07) is 20.5. The maximum Gasteiger partial charge on any atom is 0.238 e. The van der Waals surface area contributed by atoms with Crippen molar-refractivity contribution < 1.29 is 9.53 Å². The number of rotatable bonds is 7. The zero-order valence-electron chi connectivity index (χ0n) is 16.5. The minimum Gasteiger partial charge on any atom is -0.438 e. The lowest BCUT2D eigenvalue weighted by Gasteiger charge is -2.15. The summed E-state index contributed by atoms with van der Waals surface area (Å²) in [5.41, 5.74) is 1.72. The Bertz CT molecular complexity index is 1080. The van der Waals surface area contributed by atoms with E-state index in [0.29, 0.717) is 23.1 Å². The average Bonchev–Trinajstić information content (AvgIpc) is 3.32. The smallest absolute Gasteiger partial charge is 0.238 e. The molecule has 1 N–H and O–H groups in total. The minimum atomic E-state index is -0.189. The number of nitrogens with zero attached hydrogens (tertiary/aromatic N) is 4. The number of hydrogen-bond donors (Lipinski definition) is 1. The molecule has 1 unspecified atom stereocenters. The molecule has 0 saturated heterocycles. The van der Waals surface area contributed by atoms with Gasteiger partial charge in [-0.3, -0.25) is 9.36 Å². The number of hydrogen-bond acceptors (Lipinski definition) is 5. The van der Waals surface area contributed by atoms with E-state index in [4.69, 9.17) is 4.74 Å². The van der Waals surface area contributed by atoms with Gasteiger partial charge in [0.15, 0.2) is 5.82 Å². The van der Waals surface area contributed by atoms with Crippen molar-refractivity contribution in [3.63, 3.8) is 0 Å². The van der Waals surface area contributed by atoms with Gasteiger partial charge in [0.05, 0.1) is 5.92 Å². The molecule has 2 aromatic carbocycles. The van der Waals surface area contributed by atoms with Crippen LogP contribution in [0.4, 0.5) is 5.69 Å². The fourth-order valence-corrected chi connectivity index (χ4v) is 3.11. The zero-order valence-corrected chi connectivity index (χ0v) is 16.5. The van der Waals surface area contributed by atoms with Crippen LogP contribution < -0.4 is 10.1 Å². The monoisotopic (exact) mass is 399 g/mol. The van der Waals surface area contributed by atoms with E-state index < -0.39 is 0 Å². The molecule has 2 heterocycles. The number of aromatic nitrogens is 4. The highest BCUT2D eigenvalue weighted by molar-refractivity contribution is 5.95. The van der Waals surface area contributed by atoms with Gasteiger partial charge in [0.2, 0.25) is 11.8 Å². The maximum absolute atomic E-state index is 12.7. The van der Waals surface area contributed by atoms with Gasteiger partial charge in [-0.2, -0.15) is 0 Å². The van der Waals surface area contributed by atoms with Crippen LogP contribution in [-0.2, 0) is 4.79 Å². The van der Waals surface area contributed by atoms with E-state index >= 15 is 0 Å². The van der Waals surface area contributed by atoms with Crippen LogP contribution in [0.1, 0.15) is 24.8 Å². The number of ether oxygens (including phenoxy) is 1. The molecule has 0 spiro atoms. The molecule has 0 fully saturated rings. The van der Waals surface area contributed by atoms with Gasteiger partial charge in [0.1, 0.15) is 12.1 Å². The summed E-state index contributed by atoms with van der Waals surface area (Å²) in [4.78, 5) is 16.7. The number of carbonyl (C=O) groups excluding carboxylic acids is 1. The number of benzene rings is 2. The summed E-state index contributed by atoms with van der Waals surface area (Å²) in [7, 11) is 0. The average molecular weight is 399 g/mol. The number of anilines is 1. The number of nitrogens with one attached hydrogen (secondary N) is 1. The first-order chi connectivity index (χ1) is 14.7. The highest BCUT2D eigenvalue weighted by Gasteiger charge is 2.18. The van der Waals surface area contributed by atoms with Crippen LogP contribution in [0.2, 0.25) is 0 Å². The standard InChI is InChI=1S/C23H21N5O2/c1-2-20(17-6-4-3-5-7-17)23(29)25-18-8-10-19(11-9-18)30-22-13-12-21(26-27-22)28-15-14-24-16-28/h3-16,20H,2H2,1H3,(H,25,29). The van der Waals surface area contributed by atoms with Gasteiger partial charge in [0, 0.05) is 24.1 Å². The number of amides is 1. The predicted molar refractivity (Wildman–Crippen MR) is 114 cm³/mol. The van der Waals surface area contributed by atoms with E-state index in [-0.39, 0.29) is 11.8 Å². The Kier molecular flexibility index (Phi) is 5.80. The Morgan fingerprint density at radius 2 is 1.83 bits per heavy atom. The van der Waals surface area contributed by atoms with Gasteiger partial charge >= 0.3 is 0 Å². The lowest BCUT2D eigenvalue weighted by molar-refractivity contribution is -0.117. The van der Waals surface area contributed by atoms with Crippen molar-refractivity contribution in [1.29, 1.82) is 0 Å². The normalized spacial score (nSPS) is 11.6. The second kappa shape index (κ2) is 9.00. The molecule has 1 atom stereocenters. The molecule has 1 amide bonds. The summed E-state index contributed by atoms with van der Waals surface area (Å²) in [5.74, 6) is 1.42. The van der Waals surface area contributed by atoms with Crippen LogP contribution >= 0.6 is 0 Å². The van der Waals surface area contributed by atoms with Gasteiger partial charge in [-0.25, -0.2) is 4.98 Å². The molecule has 0 aliphatic rings. The molecule has 2 aromatic heterocycles. The summed E-state index contributed by atoms with van der Waals surface area (Å²) in [6.45, 7) is 2.01. The molecular weight excluding hydrogens is 378 g/mol. The van der Waals surface area contributed by atoms with Gasteiger partial charge in [0.25, 0.3) is 0 Å². The largest absolute Gasteiger partial charge is 0.438 e. The summed E-state index contributed by atoms with van der Waals surface area (Å²) in [6.07, 6.45) is 5.84. The van der Waals surface area contributed by atoms with E-state index in [0.717, 1.165) is 12.0 Å². The second-order valence-corrected chi connectivity index (χ2v) is 6.69. The fourth-order valence-electron chi connectivity index (χ4n) is 3.11. The summed E-state index contributed by atoms with van der Waals surface area (Å²) < 4.78 is 7.49. The molecule has 150 valence electrons. The molecule has 0 saturated carbocycles. The van der Waals surface area contributed by atoms with Crippen LogP contribution in [0.25, 0.3) is 5.82 Å². The van der Waals surface area contributed by atoms with Crippen molar-refractivity contribution in [2.24, 2.45) is 0 Å². The van der Waals surface area contributed by atoms with E-state index in [1.165, 1.54) is 0 Å². The lowest BCUT2D eigenvalue weighted by Crippen LogP contribution is -2.20. The fraction of sp³-hybridized carbons (Fsp3) is 0.130. The Labute approximate surface area is 174 Å². The lowest BCUT2D eigenvalue weighted by atomic mass is 9.95. The maximum atomic E-state index is 12.7. The van der Waals surface area contributed by atoms with Crippen molar-refractivity contribution in [2.45, 2.75) is 19.3 Å². The zero-order chi connectivity index (χ0) is 20.8. The van der Waals surface area contributed by atoms with Crippen LogP contribution in [0.3, 0.4) is 0 Å². The Balaban J connectivity index is 1.38. The van der Waals surface area contributed by atoms with Gasteiger partial charge in [-0.1, -0.05) is 37.3 Å². The van der Waals surface area contributed by atoms with Gasteiger partial charge in [-0.05, 0) is 42.3 Å². The SMILES string of the molecule is CCC(C(=O)Nc1ccc(Oc2ccc(-n3ccnc3)nn2)cc1)c1ccccc1. The van der Waals surface area contributed by atoms with E-state index in [9.17, 15) is 4.79 Å². The van der Waals surface area contributed by atoms with Crippen LogP contribution in [-0.4, -0.2) is 25.7 Å². The summed E-state index contributed by atoms with van der Waals surface area (Å²) >= 11 is 0. The third-order valence-electron chi connectivity index (χ3n) is 4.67. The Morgan fingerprint density at radius 3 is 2.47 bits per heavy atom. The number of imidazole rings is 1. The quantitative estimate of drug-likeness (QED) is 0.492. The third kappa shape index (κ3) is 4.52. The summed E-state index contributed by atoms with van der Waals surface area (Å²) in [5, 5.41) is 11.2. The van der Waals surface area contributed by atoms with Crippen molar-refractivity contribution in [3.05, 3.63) is 91.0 Å². The van der Waals surface area contributed by atoms with Crippen LogP contribution in [0.5, 0.6) is 11.6 Å². The first-order valence-corrected chi connectivity index (χ1v) is 9.68. The van der Waals surface area contributed by atoms with Crippen molar-refractivity contribution in [2.75, 3.05) is 5.32 Å². The molecule has 7 heteroatoms. The van der Waals surface area contributed by atoms with E-state index in [2.05, 4.69) is 20.5 Å². The van der Waals surface area contributed by atoms with E-state index in [1.54, 1.807) is 59.7 Å². The van der Waals surface area contributed by atoms with Crippen LogP contribution in [0, 0.1) is 0 Å². The molecule has 4 rings (SSSR count). The van der Waals surface area contributed by atoms with Crippen LogP contribution in [0.15, 0.2) is 85.5 Å². The van der Waals surface area contributed by atoms with E-state index in [1.807, 2.05) is 37.3 Å². The first-order valence-electron chi connectivity index (χ1n) is 9.68. The van der Waals surface area contributed by atoms with Crippen molar-refractivity contribution >= 4 is 11.6 Å². The molecule has 0 aliphatic carbocycles. The third-order valence-corrected chi connectivity index (χ3v) is 4.67. The van der Waals surface area contributed by atoms with Crippen molar-refractivity contribution in [1.82, 2.24) is 19.7 Å². The molecule has 4 aromatic rings. The highest BCUT2D eigenvalue weighted by Crippen LogP contribution is 2.24. The van der Waals surface area contributed by atoms with Gasteiger partial charge in [-0.15, -0.1) is 10.2 Å². The molecule has 0 aliphatic heterocycles. The predicted octanol–water partition coefficient (Wildman–Crippen LogP) is 4.59. The van der Waals surface area contributed by atoms with Gasteiger partial charge < -0.3 is 10.1 Å².